The third-order valence-electron chi connectivity index (χ3n) is 8.41. The average Bonchev–Trinajstić information content (AvgIpc) is 3.28. The molecule has 3 saturated heterocycles. The van der Waals surface area contributed by atoms with Gasteiger partial charge in [-0.2, -0.15) is 0 Å². The quantitative estimate of drug-likeness (QED) is 0.568. The predicted molar refractivity (Wildman–Crippen MR) is 95.1 cm³/mol. The summed E-state index contributed by atoms with van der Waals surface area (Å²) in [6.45, 7) is 8.95. The van der Waals surface area contributed by atoms with Gasteiger partial charge in [0.05, 0.1) is 18.1 Å². The summed E-state index contributed by atoms with van der Waals surface area (Å²) in [5.41, 5.74) is 0.473. The first-order valence-corrected chi connectivity index (χ1v) is 10.6. The van der Waals surface area contributed by atoms with Crippen molar-refractivity contribution in [1.82, 2.24) is 4.90 Å². The Kier molecular flexibility index (Phi) is 3.77. The summed E-state index contributed by atoms with van der Waals surface area (Å²) in [5.74, 6) is 2.07. The number of carbonyl (C=O) groups excluding carboxylic acids is 1. The molecule has 4 heteroatoms. The van der Waals surface area contributed by atoms with Gasteiger partial charge in [0.25, 0.3) is 0 Å². The number of hydrogen-bond donors (Lipinski definition) is 0. The Morgan fingerprint density at radius 1 is 1.24 bits per heavy atom. The van der Waals surface area contributed by atoms with E-state index in [2.05, 4.69) is 18.7 Å². The largest absolute Gasteiger partial charge is 0.462 e. The lowest BCUT2D eigenvalue weighted by Gasteiger charge is -2.51. The van der Waals surface area contributed by atoms with Crippen molar-refractivity contribution in [2.24, 2.45) is 29.1 Å². The minimum atomic E-state index is 0.0848. The zero-order valence-corrected chi connectivity index (χ0v) is 15.8. The molecule has 2 saturated carbocycles. The molecule has 5 fully saturated rings. The molecule has 25 heavy (non-hydrogen) atoms. The summed E-state index contributed by atoms with van der Waals surface area (Å²) in [6.07, 6.45) is 8.69. The van der Waals surface area contributed by atoms with Gasteiger partial charge < -0.3 is 14.4 Å². The van der Waals surface area contributed by atoms with Crippen LogP contribution in [0.5, 0.6) is 0 Å². The fourth-order valence-corrected chi connectivity index (χ4v) is 6.69. The first kappa shape index (κ1) is 16.6. The predicted octanol–water partition coefficient (Wildman–Crippen LogP) is 3.25. The zero-order valence-electron chi connectivity index (χ0n) is 15.8. The maximum absolute atomic E-state index is 12.7. The number of epoxide rings is 1. The highest BCUT2D eigenvalue weighted by Crippen LogP contribution is 2.62. The van der Waals surface area contributed by atoms with E-state index in [9.17, 15) is 4.79 Å². The van der Waals surface area contributed by atoms with Gasteiger partial charge in [-0.05, 0) is 75.3 Å². The van der Waals surface area contributed by atoms with E-state index >= 15 is 0 Å². The van der Waals surface area contributed by atoms with Crippen LogP contribution in [0.15, 0.2) is 0 Å². The van der Waals surface area contributed by atoms with Gasteiger partial charge in [-0.3, -0.25) is 4.79 Å². The van der Waals surface area contributed by atoms with Crippen molar-refractivity contribution in [2.75, 3.05) is 26.2 Å². The molecule has 4 nitrogen and oxygen atoms in total. The number of piperidine rings is 1. The summed E-state index contributed by atoms with van der Waals surface area (Å²) >= 11 is 0. The number of carbonyl (C=O) groups is 1. The average molecular weight is 347 g/mol. The summed E-state index contributed by atoms with van der Waals surface area (Å²) in [6, 6.07) is 0. The van der Waals surface area contributed by atoms with E-state index in [1.165, 1.54) is 32.1 Å². The van der Waals surface area contributed by atoms with Crippen LogP contribution < -0.4 is 0 Å². The Bertz CT molecular complexity index is 551. The highest BCUT2D eigenvalue weighted by atomic mass is 16.6. The second kappa shape index (κ2) is 5.69. The number of hydrogen-bond acceptors (Lipinski definition) is 4. The van der Waals surface area contributed by atoms with Gasteiger partial charge in [0.2, 0.25) is 0 Å². The van der Waals surface area contributed by atoms with Crippen LogP contribution in [-0.4, -0.2) is 48.8 Å². The molecule has 2 aliphatic carbocycles. The Morgan fingerprint density at radius 2 is 2.00 bits per heavy atom. The normalized spacial score (nSPS) is 50.4. The van der Waals surface area contributed by atoms with Crippen molar-refractivity contribution < 1.29 is 14.3 Å². The molecule has 0 aromatic rings. The Morgan fingerprint density at radius 3 is 2.72 bits per heavy atom. The van der Waals surface area contributed by atoms with Crippen molar-refractivity contribution in [2.45, 2.75) is 70.5 Å². The van der Waals surface area contributed by atoms with E-state index in [4.69, 9.17) is 9.47 Å². The molecular weight excluding hydrogens is 314 g/mol. The van der Waals surface area contributed by atoms with Crippen LogP contribution in [-0.2, 0) is 14.3 Å². The van der Waals surface area contributed by atoms with Crippen LogP contribution in [0.1, 0.15) is 58.8 Å². The second-order valence-electron chi connectivity index (χ2n) is 10.1. The second-order valence-corrected chi connectivity index (χ2v) is 10.1. The molecular formula is C21H33NO3. The Labute approximate surface area is 151 Å². The minimum absolute atomic E-state index is 0.0848. The number of ether oxygens (including phenoxy) is 2. The summed E-state index contributed by atoms with van der Waals surface area (Å²) in [4.78, 5) is 15.2. The lowest BCUT2D eigenvalue weighted by molar-refractivity contribution is -0.147. The fraction of sp³-hybridized carbons (Fsp3) is 0.952. The van der Waals surface area contributed by atoms with E-state index in [1.54, 1.807) is 0 Å². The minimum Gasteiger partial charge on any atom is -0.462 e. The highest BCUT2D eigenvalue weighted by Gasteiger charge is 2.65. The van der Waals surface area contributed by atoms with E-state index < -0.39 is 0 Å². The Balaban J connectivity index is 1.33. The molecule has 140 valence electrons. The lowest BCUT2D eigenvalue weighted by atomic mass is 9.53. The van der Waals surface area contributed by atoms with Gasteiger partial charge in [0.15, 0.2) is 0 Å². The van der Waals surface area contributed by atoms with Crippen molar-refractivity contribution in [3.63, 3.8) is 0 Å². The molecule has 6 atom stereocenters. The summed E-state index contributed by atoms with van der Waals surface area (Å²) < 4.78 is 11.9. The monoisotopic (exact) mass is 347 g/mol. The SMILES string of the molecule is CC1CCN(C[C@H]2C(=O)O[C@@H]3C[C@@]4(C)CCC[C@]5(CO5)[C@@H]4C[C@@H]32)CC1. The zero-order chi connectivity index (χ0) is 17.2. The molecule has 0 aromatic carbocycles. The highest BCUT2D eigenvalue weighted by molar-refractivity contribution is 5.75. The fourth-order valence-electron chi connectivity index (χ4n) is 6.69. The molecule has 0 amide bonds. The Hall–Kier alpha value is -0.610. The maximum Gasteiger partial charge on any atom is 0.310 e. The molecule has 5 aliphatic rings. The molecule has 3 heterocycles. The number of nitrogens with zero attached hydrogens (tertiary/aromatic N) is 1. The summed E-state index contributed by atoms with van der Waals surface area (Å²) in [5, 5.41) is 0. The molecule has 3 aliphatic heterocycles. The lowest BCUT2D eigenvalue weighted by Crippen LogP contribution is -2.51. The van der Waals surface area contributed by atoms with Crippen molar-refractivity contribution >= 4 is 5.97 Å². The van der Waals surface area contributed by atoms with Gasteiger partial charge in [-0.1, -0.05) is 13.8 Å². The van der Waals surface area contributed by atoms with E-state index in [-0.39, 0.29) is 23.6 Å². The number of rotatable bonds is 2. The van der Waals surface area contributed by atoms with Crippen molar-refractivity contribution in [1.29, 1.82) is 0 Å². The van der Waals surface area contributed by atoms with Gasteiger partial charge in [0, 0.05) is 12.5 Å². The van der Waals surface area contributed by atoms with Gasteiger partial charge >= 0.3 is 5.97 Å². The molecule has 1 spiro atoms. The molecule has 0 aromatic heterocycles. The van der Waals surface area contributed by atoms with E-state index in [0.717, 1.165) is 45.0 Å². The molecule has 0 N–H and O–H groups in total. The first-order chi connectivity index (χ1) is 12.0. The first-order valence-electron chi connectivity index (χ1n) is 10.6. The molecule has 5 rings (SSSR count). The van der Waals surface area contributed by atoms with Crippen LogP contribution in [0, 0.1) is 29.1 Å². The summed E-state index contributed by atoms with van der Waals surface area (Å²) in [7, 11) is 0. The number of esters is 1. The topological polar surface area (TPSA) is 42.1 Å². The van der Waals surface area contributed by atoms with Crippen LogP contribution in [0.4, 0.5) is 0 Å². The third-order valence-corrected chi connectivity index (χ3v) is 8.41. The van der Waals surface area contributed by atoms with Gasteiger partial charge in [-0.15, -0.1) is 0 Å². The van der Waals surface area contributed by atoms with Crippen LogP contribution in [0.25, 0.3) is 0 Å². The van der Waals surface area contributed by atoms with Gasteiger partial charge in [-0.25, -0.2) is 0 Å². The third kappa shape index (κ3) is 2.66. The van der Waals surface area contributed by atoms with E-state index in [1.807, 2.05) is 0 Å². The van der Waals surface area contributed by atoms with Crippen LogP contribution in [0.3, 0.4) is 0 Å². The van der Waals surface area contributed by atoms with Crippen molar-refractivity contribution in [3.8, 4) is 0 Å². The molecule has 0 bridgehead atoms. The van der Waals surface area contributed by atoms with E-state index in [0.29, 0.717) is 17.3 Å². The van der Waals surface area contributed by atoms with Gasteiger partial charge in [0.1, 0.15) is 6.10 Å². The number of likely N-dealkylation sites (tertiary alicyclic amines) is 1. The standard InChI is InChI=1S/C21H33NO3/c1-14-4-8-22(9-5-14)12-16-15-10-18-20(2,11-17(15)25-19(16)23)6-3-7-21(18)13-24-21/h14-18H,3-13H2,1-2H3/t15-,16-,17-,18-,20-,21+/m1/s1. The smallest absolute Gasteiger partial charge is 0.310 e. The number of fused-ring (bicyclic) bond motifs is 3. The van der Waals surface area contributed by atoms with Crippen LogP contribution >= 0.6 is 0 Å². The van der Waals surface area contributed by atoms with Crippen molar-refractivity contribution in [3.05, 3.63) is 0 Å². The molecule has 0 radical (unpaired) electrons. The maximum atomic E-state index is 12.7. The molecule has 0 unspecified atom stereocenters. The van der Waals surface area contributed by atoms with Crippen LogP contribution in [0.2, 0.25) is 0 Å².